The molecule has 1 aromatic carbocycles. The van der Waals surface area contributed by atoms with Crippen LogP contribution in [0.2, 0.25) is 0 Å². The van der Waals surface area contributed by atoms with Crippen molar-refractivity contribution >= 4 is 21.8 Å². The van der Waals surface area contributed by atoms with Crippen LogP contribution in [0, 0.1) is 5.92 Å². The standard InChI is InChI=1S/C13H16N2O4S/c1-3-15(8-9(2)13(16)17)12-10-6-4-5-7-11(10)20(18,19)14-12/h4-7,9H,3,8H2,1-2H3,(H,16,17). The zero-order chi connectivity index (χ0) is 14.9. The SMILES string of the molecule is CCN(CC(C)C(=O)O)C1=NS(=O)(=O)c2ccccc21. The molecule has 0 spiro atoms. The van der Waals surface area contributed by atoms with Crippen molar-refractivity contribution in [2.75, 3.05) is 13.1 Å². The van der Waals surface area contributed by atoms with Gasteiger partial charge in [0.05, 0.1) is 5.92 Å². The molecule has 1 aliphatic heterocycles. The molecule has 0 bridgehead atoms. The number of rotatable bonds is 4. The molecule has 1 heterocycles. The van der Waals surface area contributed by atoms with Gasteiger partial charge in [0.2, 0.25) is 0 Å². The van der Waals surface area contributed by atoms with Crippen molar-refractivity contribution in [3.8, 4) is 0 Å². The maximum Gasteiger partial charge on any atom is 0.308 e. The van der Waals surface area contributed by atoms with Gasteiger partial charge in [-0.25, -0.2) is 0 Å². The van der Waals surface area contributed by atoms with Crippen molar-refractivity contribution in [2.45, 2.75) is 18.7 Å². The van der Waals surface area contributed by atoms with Gasteiger partial charge in [0.1, 0.15) is 4.90 Å². The van der Waals surface area contributed by atoms with Crippen molar-refractivity contribution < 1.29 is 18.3 Å². The van der Waals surface area contributed by atoms with Gasteiger partial charge in [-0.2, -0.15) is 8.42 Å². The van der Waals surface area contributed by atoms with Gasteiger partial charge in [0, 0.05) is 18.7 Å². The number of carbonyl (C=O) groups is 1. The molecule has 2 rings (SSSR count). The highest BCUT2D eigenvalue weighted by molar-refractivity contribution is 7.90. The summed E-state index contributed by atoms with van der Waals surface area (Å²) in [5, 5.41) is 8.98. The lowest BCUT2D eigenvalue weighted by atomic mass is 10.1. The molecule has 1 aliphatic rings. The van der Waals surface area contributed by atoms with E-state index < -0.39 is 21.9 Å². The normalized spacial score (nSPS) is 17.2. The van der Waals surface area contributed by atoms with Crippen molar-refractivity contribution in [2.24, 2.45) is 10.3 Å². The average Bonchev–Trinajstić information content (AvgIpc) is 2.68. The summed E-state index contributed by atoms with van der Waals surface area (Å²) >= 11 is 0. The van der Waals surface area contributed by atoms with Crippen LogP contribution in [0.25, 0.3) is 0 Å². The number of carboxylic acids is 1. The zero-order valence-electron chi connectivity index (χ0n) is 11.3. The van der Waals surface area contributed by atoms with Gasteiger partial charge < -0.3 is 10.0 Å². The molecule has 0 amide bonds. The first-order valence-corrected chi connectivity index (χ1v) is 7.73. The quantitative estimate of drug-likeness (QED) is 0.901. The number of amidine groups is 1. The van der Waals surface area contributed by atoms with Crippen LogP contribution >= 0.6 is 0 Å². The molecular formula is C13H16N2O4S. The molecule has 0 aromatic heterocycles. The molecule has 20 heavy (non-hydrogen) atoms. The predicted molar refractivity (Wildman–Crippen MR) is 74.2 cm³/mol. The largest absolute Gasteiger partial charge is 0.481 e. The molecule has 0 radical (unpaired) electrons. The van der Waals surface area contributed by atoms with Crippen LogP contribution in [-0.4, -0.2) is 43.3 Å². The van der Waals surface area contributed by atoms with Gasteiger partial charge in [-0.05, 0) is 19.1 Å². The number of hydrogen-bond acceptors (Lipinski definition) is 4. The van der Waals surface area contributed by atoms with Gasteiger partial charge in [-0.15, -0.1) is 4.40 Å². The molecule has 0 fully saturated rings. The third kappa shape index (κ3) is 2.53. The van der Waals surface area contributed by atoms with Crippen molar-refractivity contribution in [1.82, 2.24) is 4.90 Å². The molecule has 6 nitrogen and oxygen atoms in total. The molecule has 0 aliphatic carbocycles. The molecule has 0 saturated carbocycles. The summed E-state index contributed by atoms with van der Waals surface area (Å²) in [6.45, 7) is 4.13. The zero-order valence-corrected chi connectivity index (χ0v) is 12.1. The molecule has 1 N–H and O–H groups in total. The minimum atomic E-state index is -3.67. The highest BCUT2D eigenvalue weighted by Gasteiger charge is 2.32. The van der Waals surface area contributed by atoms with E-state index in [9.17, 15) is 13.2 Å². The minimum Gasteiger partial charge on any atom is -0.481 e. The maximum atomic E-state index is 12.0. The fraction of sp³-hybridized carbons (Fsp3) is 0.385. The Bertz CT molecular complexity index is 667. The van der Waals surface area contributed by atoms with E-state index >= 15 is 0 Å². The van der Waals surface area contributed by atoms with Crippen molar-refractivity contribution in [3.05, 3.63) is 29.8 Å². The average molecular weight is 296 g/mol. The molecule has 1 unspecified atom stereocenters. The summed E-state index contributed by atoms with van der Waals surface area (Å²) in [6.07, 6.45) is 0. The number of carboxylic acid groups (broad SMARTS) is 1. The van der Waals surface area contributed by atoms with Gasteiger partial charge in [0.15, 0.2) is 5.84 Å². The Labute approximate surface area is 117 Å². The summed E-state index contributed by atoms with van der Waals surface area (Å²) < 4.78 is 27.7. The van der Waals surface area contributed by atoms with Crippen molar-refractivity contribution in [1.29, 1.82) is 0 Å². The van der Waals surface area contributed by atoms with Gasteiger partial charge in [-0.1, -0.05) is 19.1 Å². The van der Waals surface area contributed by atoms with E-state index in [0.717, 1.165) is 0 Å². The first kappa shape index (κ1) is 14.5. The fourth-order valence-electron chi connectivity index (χ4n) is 2.09. The topological polar surface area (TPSA) is 87.0 Å². The Balaban J connectivity index is 2.39. The Hall–Kier alpha value is -1.89. The highest BCUT2D eigenvalue weighted by Crippen LogP contribution is 2.27. The Kier molecular flexibility index (Phi) is 3.80. The fourth-order valence-corrected chi connectivity index (χ4v) is 3.32. The predicted octanol–water partition coefficient (Wildman–Crippen LogP) is 1.18. The Morgan fingerprint density at radius 2 is 2.05 bits per heavy atom. The van der Waals surface area contributed by atoms with E-state index in [4.69, 9.17) is 5.11 Å². The van der Waals surface area contributed by atoms with Gasteiger partial charge in [0.25, 0.3) is 10.0 Å². The Morgan fingerprint density at radius 1 is 1.40 bits per heavy atom. The first-order chi connectivity index (χ1) is 9.36. The van der Waals surface area contributed by atoms with Crippen LogP contribution in [0.15, 0.2) is 33.6 Å². The lowest BCUT2D eigenvalue weighted by molar-refractivity contribution is -0.141. The summed E-state index contributed by atoms with van der Waals surface area (Å²) in [7, 11) is -3.67. The van der Waals surface area contributed by atoms with Crippen LogP contribution in [0.3, 0.4) is 0 Å². The van der Waals surface area contributed by atoms with E-state index in [-0.39, 0.29) is 11.4 Å². The van der Waals surface area contributed by atoms with Crippen LogP contribution in [0.1, 0.15) is 19.4 Å². The van der Waals surface area contributed by atoms with E-state index in [1.807, 2.05) is 6.92 Å². The second-order valence-corrected chi connectivity index (χ2v) is 6.24. The number of benzene rings is 1. The molecule has 1 aromatic rings. The number of aliphatic carboxylic acids is 1. The third-order valence-corrected chi connectivity index (χ3v) is 4.53. The summed E-state index contributed by atoms with van der Waals surface area (Å²) in [4.78, 5) is 12.8. The molecule has 7 heteroatoms. The molecule has 0 saturated heterocycles. The monoisotopic (exact) mass is 296 g/mol. The molecular weight excluding hydrogens is 280 g/mol. The minimum absolute atomic E-state index is 0.177. The second kappa shape index (κ2) is 5.24. The maximum absolute atomic E-state index is 12.0. The highest BCUT2D eigenvalue weighted by atomic mass is 32.2. The number of fused-ring (bicyclic) bond motifs is 1. The second-order valence-electron chi connectivity index (χ2n) is 4.66. The Morgan fingerprint density at radius 3 is 2.65 bits per heavy atom. The summed E-state index contributed by atoms with van der Waals surface area (Å²) in [5.41, 5.74) is 0.534. The van der Waals surface area contributed by atoms with Crippen molar-refractivity contribution in [3.63, 3.8) is 0 Å². The number of nitrogens with zero attached hydrogens (tertiary/aromatic N) is 2. The third-order valence-electron chi connectivity index (χ3n) is 3.21. The van der Waals surface area contributed by atoms with E-state index in [1.54, 1.807) is 30.0 Å². The molecule has 108 valence electrons. The van der Waals surface area contributed by atoms with Gasteiger partial charge >= 0.3 is 5.97 Å². The number of hydrogen-bond donors (Lipinski definition) is 1. The van der Waals surface area contributed by atoms with Crippen LogP contribution in [0.4, 0.5) is 0 Å². The summed E-state index contributed by atoms with van der Waals surface area (Å²) in [6, 6.07) is 6.58. The van der Waals surface area contributed by atoms with Crippen LogP contribution in [-0.2, 0) is 14.8 Å². The van der Waals surface area contributed by atoms with E-state index in [0.29, 0.717) is 17.9 Å². The van der Waals surface area contributed by atoms with Gasteiger partial charge in [-0.3, -0.25) is 4.79 Å². The molecule has 1 atom stereocenters. The van der Waals surface area contributed by atoms with Crippen LogP contribution in [0.5, 0.6) is 0 Å². The first-order valence-electron chi connectivity index (χ1n) is 6.29. The lowest BCUT2D eigenvalue weighted by Gasteiger charge is -2.24. The van der Waals surface area contributed by atoms with E-state index in [2.05, 4.69) is 4.40 Å². The van der Waals surface area contributed by atoms with Crippen LogP contribution < -0.4 is 0 Å². The summed E-state index contributed by atoms with van der Waals surface area (Å²) in [5.74, 6) is -1.19. The van der Waals surface area contributed by atoms with E-state index in [1.165, 1.54) is 6.07 Å². The lowest BCUT2D eigenvalue weighted by Crippen LogP contribution is -2.36. The number of sulfonamides is 1. The smallest absolute Gasteiger partial charge is 0.308 e.